The van der Waals surface area contributed by atoms with E-state index in [2.05, 4.69) is 5.32 Å². The van der Waals surface area contributed by atoms with Gasteiger partial charge in [-0.3, -0.25) is 9.59 Å². The predicted octanol–water partition coefficient (Wildman–Crippen LogP) is -0.471. The molecule has 0 atom stereocenters. The fourth-order valence-corrected chi connectivity index (χ4v) is 1.23. The second kappa shape index (κ2) is 3.96. The Morgan fingerprint density at radius 2 is 2.00 bits per heavy atom. The van der Waals surface area contributed by atoms with Gasteiger partial charge in [0.15, 0.2) is 0 Å². The van der Waals surface area contributed by atoms with E-state index in [0.29, 0.717) is 19.4 Å². The van der Waals surface area contributed by atoms with Gasteiger partial charge in [-0.15, -0.1) is 0 Å². The summed E-state index contributed by atoms with van der Waals surface area (Å²) in [5, 5.41) is 11.5. The summed E-state index contributed by atoms with van der Waals surface area (Å²) in [5.74, 6) is -0.926. The molecule has 1 aliphatic carbocycles. The fraction of sp³-hybridized carbons (Fsp3) is 0.778. The van der Waals surface area contributed by atoms with Gasteiger partial charge in [0.1, 0.15) is 0 Å². The van der Waals surface area contributed by atoms with E-state index in [-0.39, 0.29) is 12.5 Å². The second-order valence-corrected chi connectivity index (χ2v) is 4.10. The minimum Gasteiger partial charge on any atom is -0.481 e. The third kappa shape index (κ3) is 2.70. The van der Waals surface area contributed by atoms with Gasteiger partial charge in [-0.25, -0.2) is 0 Å². The van der Waals surface area contributed by atoms with Crippen LogP contribution in [0.5, 0.6) is 0 Å². The molecule has 5 nitrogen and oxygen atoms in total. The number of amides is 1. The molecule has 14 heavy (non-hydrogen) atoms. The molecular weight excluding hydrogens is 184 g/mol. The molecule has 0 aromatic rings. The first-order valence-corrected chi connectivity index (χ1v) is 4.61. The number of hydrogen-bond acceptors (Lipinski definition) is 3. The number of hydrogen-bond donors (Lipinski definition) is 2. The van der Waals surface area contributed by atoms with Crippen LogP contribution in [0.25, 0.3) is 0 Å². The number of nitrogens with zero attached hydrogens (tertiary/aromatic N) is 1. The van der Waals surface area contributed by atoms with E-state index in [1.54, 1.807) is 19.0 Å². The van der Waals surface area contributed by atoms with Gasteiger partial charge in [0.25, 0.3) is 0 Å². The number of rotatable bonds is 5. The van der Waals surface area contributed by atoms with Gasteiger partial charge in [0.05, 0.1) is 12.0 Å². The number of nitrogens with one attached hydrogen (secondary N) is 1. The first-order valence-electron chi connectivity index (χ1n) is 4.61. The minimum absolute atomic E-state index is 0.123. The molecule has 1 aliphatic rings. The van der Waals surface area contributed by atoms with Crippen molar-refractivity contribution in [1.82, 2.24) is 10.2 Å². The average molecular weight is 200 g/mol. The molecule has 0 heterocycles. The van der Waals surface area contributed by atoms with Crippen molar-refractivity contribution < 1.29 is 14.7 Å². The van der Waals surface area contributed by atoms with Crippen molar-refractivity contribution in [2.24, 2.45) is 5.41 Å². The van der Waals surface area contributed by atoms with Crippen LogP contribution in [0.1, 0.15) is 12.8 Å². The summed E-state index contributed by atoms with van der Waals surface area (Å²) in [6.45, 7) is 0.560. The van der Waals surface area contributed by atoms with Crippen LogP contribution in [-0.4, -0.2) is 49.1 Å². The van der Waals surface area contributed by atoms with Crippen molar-refractivity contribution in [3.05, 3.63) is 0 Å². The lowest BCUT2D eigenvalue weighted by Gasteiger charge is -2.13. The number of carboxylic acids is 1. The first-order chi connectivity index (χ1) is 6.46. The third-order valence-corrected chi connectivity index (χ3v) is 2.39. The van der Waals surface area contributed by atoms with Crippen LogP contribution >= 0.6 is 0 Å². The van der Waals surface area contributed by atoms with Gasteiger partial charge in [0.2, 0.25) is 5.91 Å². The summed E-state index contributed by atoms with van der Waals surface area (Å²) < 4.78 is 0. The molecule has 0 aliphatic heterocycles. The molecular formula is C9H16N2O3. The highest BCUT2D eigenvalue weighted by Crippen LogP contribution is 2.45. The maximum atomic E-state index is 11.2. The standard InChI is InChI=1S/C9H16N2O3/c1-11(2)5-7(12)10-6-9(3-4-9)8(13)14/h3-6H2,1-2H3,(H,10,12)(H,13,14). The highest BCUT2D eigenvalue weighted by molar-refractivity contribution is 5.81. The zero-order valence-electron chi connectivity index (χ0n) is 8.54. The molecule has 2 N–H and O–H groups in total. The van der Waals surface area contributed by atoms with Crippen molar-refractivity contribution in [3.63, 3.8) is 0 Å². The molecule has 1 saturated carbocycles. The van der Waals surface area contributed by atoms with Gasteiger partial charge in [0, 0.05) is 6.54 Å². The van der Waals surface area contributed by atoms with E-state index in [1.165, 1.54) is 0 Å². The van der Waals surface area contributed by atoms with E-state index in [0.717, 1.165) is 0 Å². The summed E-state index contributed by atoms with van der Waals surface area (Å²) in [7, 11) is 3.59. The zero-order valence-corrected chi connectivity index (χ0v) is 8.54. The number of carbonyl (C=O) groups excluding carboxylic acids is 1. The third-order valence-electron chi connectivity index (χ3n) is 2.39. The summed E-state index contributed by atoms with van der Waals surface area (Å²) in [6, 6.07) is 0. The number of aliphatic carboxylic acids is 1. The van der Waals surface area contributed by atoms with Crippen molar-refractivity contribution in [2.45, 2.75) is 12.8 Å². The average Bonchev–Trinajstić information content (AvgIpc) is 2.79. The molecule has 0 saturated heterocycles. The quantitative estimate of drug-likeness (QED) is 0.629. The van der Waals surface area contributed by atoms with Gasteiger partial charge in [-0.1, -0.05) is 0 Å². The molecule has 1 rings (SSSR count). The van der Waals surface area contributed by atoms with Crippen molar-refractivity contribution in [1.29, 1.82) is 0 Å². The summed E-state index contributed by atoms with van der Waals surface area (Å²) >= 11 is 0. The van der Waals surface area contributed by atoms with E-state index < -0.39 is 11.4 Å². The Morgan fingerprint density at radius 1 is 1.43 bits per heavy atom. The van der Waals surface area contributed by atoms with Gasteiger partial charge >= 0.3 is 5.97 Å². The van der Waals surface area contributed by atoms with Crippen molar-refractivity contribution in [2.75, 3.05) is 27.2 Å². The highest BCUT2D eigenvalue weighted by Gasteiger charge is 2.50. The lowest BCUT2D eigenvalue weighted by Crippen LogP contribution is -2.38. The van der Waals surface area contributed by atoms with Crippen LogP contribution < -0.4 is 5.32 Å². The molecule has 0 radical (unpaired) electrons. The van der Waals surface area contributed by atoms with E-state index in [9.17, 15) is 9.59 Å². The summed E-state index contributed by atoms with van der Waals surface area (Å²) in [6.07, 6.45) is 1.34. The monoisotopic (exact) mass is 200 g/mol. The predicted molar refractivity (Wildman–Crippen MR) is 50.9 cm³/mol. The SMILES string of the molecule is CN(C)CC(=O)NCC1(C(=O)O)CC1. The van der Waals surface area contributed by atoms with E-state index >= 15 is 0 Å². The Labute approximate surface area is 83.1 Å². The van der Waals surface area contributed by atoms with Gasteiger partial charge < -0.3 is 15.3 Å². The summed E-state index contributed by atoms with van der Waals surface area (Å²) in [4.78, 5) is 23.7. The maximum Gasteiger partial charge on any atom is 0.311 e. The van der Waals surface area contributed by atoms with Crippen LogP contribution in [0, 0.1) is 5.41 Å². The first kappa shape index (κ1) is 11.0. The molecule has 0 spiro atoms. The Morgan fingerprint density at radius 3 is 2.36 bits per heavy atom. The zero-order chi connectivity index (χ0) is 10.8. The lowest BCUT2D eigenvalue weighted by molar-refractivity contribution is -0.143. The summed E-state index contributed by atoms with van der Waals surface area (Å²) in [5.41, 5.74) is -0.665. The maximum absolute atomic E-state index is 11.2. The van der Waals surface area contributed by atoms with E-state index in [1.807, 2.05) is 0 Å². The molecule has 0 aromatic heterocycles. The Bertz CT molecular complexity index is 246. The van der Waals surface area contributed by atoms with Crippen molar-refractivity contribution >= 4 is 11.9 Å². The Balaban J connectivity index is 2.27. The molecule has 0 unspecified atom stereocenters. The Kier molecular flexibility index (Phi) is 3.10. The largest absolute Gasteiger partial charge is 0.481 e. The fourth-order valence-electron chi connectivity index (χ4n) is 1.23. The number of carbonyl (C=O) groups is 2. The highest BCUT2D eigenvalue weighted by atomic mass is 16.4. The minimum atomic E-state index is -0.803. The molecule has 0 aromatic carbocycles. The molecule has 1 amide bonds. The smallest absolute Gasteiger partial charge is 0.311 e. The lowest BCUT2D eigenvalue weighted by atomic mass is 10.1. The van der Waals surface area contributed by atoms with Crippen molar-refractivity contribution in [3.8, 4) is 0 Å². The number of likely N-dealkylation sites (N-methyl/N-ethyl adjacent to an activating group) is 1. The second-order valence-electron chi connectivity index (χ2n) is 4.10. The molecule has 5 heteroatoms. The normalized spacial score (nSPS) is 17.9. The van der Waals surface area contributed by atoms with Crippen LogP contribution in [-0.2, 0) is 9.59 Å². The molecule has 0 bridgehead atoms. The number of carboxylic acid groups (broad SMARTS) is 1. The topological polar surface area (TPSA) is 69.6 Å². The van der Waals surface area contributed by atoms with E-state index in [4.69, 9.17) is 5.11 Å². The van der Waals surface area contributed by atoms with Crippen LogP contribution in [0.3, 0.4) is 0 Å². The van der Waals surface area contributed by atoms with Crippen LogP contribution in [0.15, 0.2) is 0 Å². The van der Waals surface area contributed by atoms with Gasteiger partial charge in [-0.2, -0.15) is 0 Å². The Hall–Kier alpha value is -1.10. The molecule has 1 fully saturated rings. The molecule has 80 valence electrons. The van der Waals surface area contributed by atoms with Crippen LogP contribution in [0.4, 0.5) is 0 Å². The van der Waals surface area contributed by atoms with Gasteiger partial charge in [-0.05, 0) is 26.9 Å². The van der Waals surface area contributed by atoms with Crippen LogP contribution in [0.2, 0.25) is 0 Å².